The highest BCUT2D eigenvalue weighted by Gasteiger charge is 2.19. The van der Waals surface area contributed by atoms with Crippen molar-refractivity contribution in [2.75, 3.05) is 4.90 Å². The molecule has 10 aromatic rings. The van der Waals surface area contributed by atoms with Gasteiger partial charge in [-0.1, -0.05) is 153 Å². The quantitative estimate of drug-likeness (QED) is 0.108. The molecule has 0 atom stereocenters. The molecule has 0 saturated carbocycles. The molecular formula is C62H50N2O. The molecule has 2 heterocycles. The number of aromatic nitrogens is 1. The van der Waals surface area contributed by atoms with Crippen molar-refractivity contribution in [3.05, 3.63) is 247 Å². The minimum absolute atomic E-state index is 0.889. The van der Waals surface area contributed by atoms with E-state index < -0.39 is 0 Å². The number of allylic oxidation sites excluding steroid dienone is 3. The number of para-hydroxylation sites is 2. The summed E-state index contributed by atoms with van der Waals surface area (Å²) in [4.78, 5) is 2.36. The standard InChI is InChI=1S/C62H50N2O/c1-5-8-25-53-43(4)65-62-39-31-48(42-59(53)62)54-36-29-47-40-52(34-37-55(47)56(54)35-26-44-19-12-9-13-20-44)63(49-21-14-10-15-22-49)51-32-27-45(28-33-51)46-30-38-61-58(41-46)57(18-6-2)60(7-3)64(61)50-23-16-11-17-24-50/h5-25,27-34,36-42H,1,3,26,35H2,2,4H3/b18-6-,25-8-. The molecule has 0 aliphatic rings. The summed E-state index contributed by atoms with van der Waals surface area (Å²) in [5.41, 5.74) is 17.2. The highest BCUT2D eigenvalue weighted by Crippen LogP contribution is 2.41. The van der Waals surface area contributed by atoms with Crippen molar-refractivity contribution in [3.8, 4) is 27.9 Å². The third-order valence-electron chi connectivity index (χ3n) is 12.6. The monoisotopic (exact) mass is 838 g/mol. The van der Waals surface area contributed by atoms with Crippen LogP contribution in [0.1, 0.15) is 40.6 Å². The van der Waals surface area contributed by atoms with Crippen LogP contribution in [0, 0.1) is 6.92 Å². The van der Waals surface area contributed by atoms with Gasteiger partial charge in [-0.25, -0.2) is 0 Å². The Bertz CT molecular complexity index is 3400. The van der Waals surface area contributed by atoms with E-state index in [0.717, 1.165) is 80.2 Å². The van der Waals surface area contributed by atoms with Gasteiger partial charge < -0.3 is 13.9 Å². The van der Waals surface area contributed by atoms with Crippen LogP contribution in [0.25, 0.3) is 78.8 Å². The molecule has 0 saturated heterocycles. The highest BCUT2D eigenvalue weighted by molar-refractivity contribution is 6.00. The van der Waals surface area contributed by atoms with Crippen molar-refractivity contribution >= 4 is 67.9 Å². The van der Waals surface area contributed by atoms with Gasteiger partial charge in [-0.05, 0) is 150 Å². The van der Waals surface area contributed by atoms with Crippen molar-refractivity contribution in [2.24, 2.45) is 0 Å². The molecule has 2 aromatic heterocycles. The Morgan fingerprint density at radius 1 is 0.569 bits per heavy atom. The first-order valence-electron chi connectivity index (χ1n) is 22.4. The molecular weight excluding hydrogens is 789 g/mol. The van der Waals surface area contributed by atoms with Crippen LogP contribution in [0.2, 0.25) is 0 Å². The molecule has 314 valence electrons. The molecule has 0 unspecified atom stereocenters. The van der Waals surface area contributed by atoms with Crippen LogP contribution in [-0.4, -0.2) is 4.57 Å². The lowest BCUT2D eigenvalue weighted by atomic mass is 9.89. The first kappa shape index (κ1) is 40.9. The molecule has 0 amide bonds. The predicted octanol–water partition coefficient (Wildman–Crippen LogP) is 17.3. The Morgan fingerprint density at radius 2 is 1.25 bits per heavy atom. The lowest BCUT2D eigenvalue weighted by Gasteiger charge is -2.26. The number of rotatable bonds is 13. The van der Waals surface area contributed by atoms with Crippen molar-refractivity contribution in [3.63, 3.8) is 0 Å². The fourth-order valence-corrected chi connectivity index (χ4v) is 9.49. The Hall–Kier alpha value is -8.14. The molecule has 3 nitrogen and oxygen atoms in total. The van der Waals surface area contributed by atoms with E-state index >= 15 is 0 Å². The molecule has 65 heavy (non-hydrogen) atoms. The molecule has 0 bridgehead atoms. The zero-order valence-electron chi connectivity index (χ0n) is 36.9. The zero-order valence-corrected chi connectivity index (χ0v) is 36.9. The fourth-order valence-electron chi connectivity index (χ4n) is 9.49. The molecule has 0 fully saturated rings. The normalized spacial score (nSPS) is 11.7. The van der Waals surface area contributed by atoms with Crippen LogP contribution in [0.5, 0.6) is 0 Å². The first-order chi connectivity index (χ1) is 32.0. The molecule has 10 rings (SSSR count). The highest BCUT2D eigenvalue weighted by atomic mass is 16.3. The smallest absolute Gasteiger partial charge is 0.134 e. The number of aryl methyl sites for hydroxylation is 3. The van der Waals surface area contributed by atoms with Gasteiger partial charge in [0.2, 0.25) is 0 Å². The summed E-state index contributed by atoms with van der Waals surface area (Å²) in [6.45, 7) is 12.2. The van der Waals surface area contributed by atoms with Crippen molar-refractivity contribution in [1.29, 1.82) is 0 Å². The van der Waals surface area contributed by atoms with Gasteiger partial charge in [0.1, 0.15) is 11.3 Å². The Labute approximate surface area is 381 Å². The van der Waals surface area contributed by atoms with Crippen molar-refractivity contribution in [1.82, 2.24) is 4.57 Å². The molecule has 0 spiro atoms. The van der Waals surface area contributed by atoms with E-state index in [-0.39, 0.29) is 0 Å². The third kappa shape index (κ3) is 7.83. The van der Waals surface area contributed by atoms with Crippen LogP contribution in [-0.2, 0) is 12.8 Å². The predicted molar refractivity (Wildman–Crippen MR) is 279 cm³/mol. The van der Waals surface area contributed by atoms with E-state index in [2.05, 4.69) is 230 Å². The molecule has 3 heteroatoms. The maximum atomic E-state index is 6.18. The second-order valence-electron chi connectivity index (χ2n) is 16.5. The summed E-state index contributed by atoms with van der Waals surface area (Å²) in [6, 6.07) is 65.9. The third-order valence-corrected chi connectivity index (χ3v) is 12.6. The largest absolute Gasteiger partial charge is 0.461 e. The minimum atomic E-state index is 0.889. The van der Waals surface area contributed by atoms with Crippen LogP contribution < -0.4 is 4.90 Å². The fraction of sp³-hybridized carbons (Fsp3) is 0.0645. The second kappa shape index (κ2) is 17.9. The molecule has 0 aliphatic heterocycles. The Balaban J connectivity index is 1.05. The number of fused-ring (bicyclic) bond motifs is 3. The van der Waals surface area contributed by atoms with Crippen LogP contribution >= 0.6 is 0 Å². The lowest BCUT2D eigenvalue weighted by Crippen LogP contribution is -2.09. The summed E-state index contributed by atoms with van der Waals surface area (Å²) < 4.78 is 8.49. The van der Waals surface area contributed by atoms with Gasteiger partial charge in [0, 0.05) is 44.6 Å². The van der Waals surface area contributed by atoms with Gasteiger partial charge in [-0.15, -0.1) is 0 Å². The molecule has 0 aliphatic carbocycles. The summed E-state index contributed by atoms with van der Waals surface area (Å²) in [5, 5.41) is 4.76. The molecule has 0 N–H and O–H groups in total. The number of hydrogen-bond acceptors (Lipinski definition) is 2. The average molecular weight is 839 g/mol. The van der Waals surface area contributed by atoms with Gasteiger partial charge in [0.25, 0.3) is 0 Å². The van der Waals surface area contributed by atoms with Gasteiger partial charge in [0.05, 0.1) is 11.2 Å². The number of furan rings is 1. The van der Waals surface area contributed by atoms with Crippen molar-refractivity contribution in [2.45, 2.75) is 26.7 Å². The minimum Gasteiger partial charge on any atom is -0.461 e. The molecule has 0 radical (unpaired) electrons. The van der Waals surface area contributed by atoms with Crippen molar-refractivity contribution < 1.29 is 4.42 Å². The Kier molecular flexibility index (Phi) is 11.3. The zero-order chi connectivity index (χ0) is 44.3. The maximum absolute atomic E-state index is 6.18. The van der Waals surface area contributed by atoms with E-state index in [4.69, 9.17) is 4.42 Å². The van der Waals surface area contributed by atoms with Gasteiger partial charge >= 0.3 is 0 Å². The van der Waals surface area contributed by atoms with Crippen LogP contribution in [0.15, 0.2) is 218 Å². The number of anilines is 3. The van der Waals surface area contributed by atoms with Crippen LogP contribution in [0.4, 0.5) is 17.1 Å². The lowest BCUT2D eigenvalue weighted by molar-refractivity contribution is 0.577. The van der Waals surface area contributed by atoms with E-state index in [9.17, 15) is 0 Å². The SMILES string of the molecule is C=C/C=C\c1c(C)oc2ccc(-c3ccc4cc(N(c5ccccc5)c5ccc(-c6ccc7c(c6)c(/C=C\C)c(C=C)n7-c6ccccc6)cc5)ccc4c3CCc3ccccc3)cc12. The van der Waals surface area contributed by atoms with Gasteiger partial charge in [0.15, 0.2) is 0 Å². The summed E-state index contributed by atoms with van der Waals surface area (Å²) >= 11 is 0. The maximum Gasteiger partial charge on any atom is 0.134 e. The van der Waals surface area contributed by atoms with E-state index in [1.54, 1.807) is 0 Å². The van der Waals surface area contributed by atoms with E-state index in [1.807, 2.05) is 25.2 Å². The van der Waals surface area contributed by atoms with E-state index in [1.165, 1.54) is 44.0 Å². The number of benzene rings is 8. The summed E-state index contributed by atoms with van der Waals surface area (Å²) in [7, 11) is 0. The summed E-state index contributed by atoms with van der Waals surface area (Å²) in [5.74, 6) is 0.903. The average Bonchev–Trinajstić information content (AvgIpc) is 3.85. The topological polar surface area (TPSA) is 21.3 Å². The number of nitrogens with zero attached hydrogens (tertiary/aromatic N) is 2. The van der Waals surface area contributed by atoms with Gasteiger partial charge in [-0.2, -0.15) is 0 Å². The number of hydrogen-bond donors (Lipinski definition) is 0. The summed E-state index contributed by atoms with van der Waals surface area (Å²) in [6.07, 6.45) is 14.0. The van der Waals surface area contributed by atoms with E-state index in [0.29, 0.717) is 0 Å². The van der Waals surface area contributed by atoms with Gasteiger partial charge in [-0.3, -0.25) is 0 Å². The first-order valence-corrected chi connectivity index (χ1v) is 22.4. The van der Waals surface area contributed by atoms with Crippen LogP contribution in [0.3, 0.4) is 0 Å². The molecule has 8 aromatic carbocycles. The second-order valence-corrected chi connectivity index (χ2v) is 16.5. The Morgan fingerprint density at radius 3 is 1.98 bits per heavy atom.